The molecule has 0 aromatic heterocycles. The van der Waals surface area contributed by atoms with Crippen molar-refractivity contribution in [3.63, 3.8) is 0 Å². The van der Waals surface area contributed by atoms with E-state index in [1.165, 1.54) is 6.08 Å². The second-order valence-electron chi connectivity index (χ2n) is 1.38. The first kappa shape index (κ1) is 8.68. The van der Waals surface area contributed by atoms with Crippen molar-refractivity contribution in [1.82, 2.24) is 0 Å². The third kappa shape index (κ3) is 3.65. The van der Waals surface area contributed by atoms with Crippen molar-refractivity contribution < 1.29 is 19.1 Å². The minimum atomic E-state index is -0.997. The Morgan fingerprint density at radius 3 is 2.40 bits per heavy atom. The Morgan fingerprint density at radius 2 is 2.00 bits per heavy atom. The van der Waals surface area contributed by atoms with Crippen molar-refractivity contribution in [3.05, 3.63) is 12.2 Å². The van der Waals surface area contributed by atoms with Crippen LogP contribution in [-0.4, -0.2) is 19.2 Å². The van der Waals surface area contributed by atoms with E-state index < -0.39 is 12.1 Å². The number of carbonyl (C=O) groups excluding carboxylic acids is 2. The van der Waals surface area contributed by atoms with E-state index in [4.69, 9.17) is 0 Å². The Balaban J connectivity index is 3.68. The lowest BCUT2D eigenvalue weighted by Crippen LogP contribution is -2.09. The highest BCUT2D eigenvalue weighted by molar-refractivity contribution is 5.89. The Labute approximate surface area is 58.4 Å². The number of rotatable bonds is 1. The van der Waals surface area contributed by atoms with Gasteiger partial charge in [-0.2, -0.15) is 0 Å². The molecule has 0 atom stereocenters. The molecule has 0 radical (unpaired) electrons. The number of carbonyl (C=O) groups is 2. The van der Waals surface area contributed by atoms with Crippen LogP contribution in [0.25, 0.3) is 0 Å². The molecule has 0 amide bonds. The van der Waals surface area contributed by atoms with E-state index in [1.54, 1.807) is 6.92 Å². The average Bonchev–Trinajstić information content (AvgIpc) is 1.88. The van der Waals surface area contributed by atoms with E-state index in [1.807, 2.05) is 0 Å². The summed E-state index contributed by atoms with van der Waals surface area (Å²) < 4.78 is 8.10. The summed E-state index contributed by atoms with van der Waals surface area (Å²) in [5, 5.41) is 0. The monoisotopic (exact) mass is 144 g/mol. The molecule has 4 heteroatoms. The molecule has 0 saturated carbocycles. The number of methoxy groups -OCH3 is 1. The van der Waals surface area contributed by atoms with Crippen LogP contribution < -0.4 is 0 Å². The molecule has 0 aromatic carbocycles. The molecule has 0 heterocycles. The zero-order valence-corrected chi connectivity index (χ0v) is 5.79. The second kappa shape index (κ2) is 4.55. The summed E-state index contributed by atoms with van der Waals surface area (Å²) >= 11 is 0. The van der Waals surface area contributed by atoms with Crippen molar-refractivity contribution in [2.75, 3.05) is 7.11 Å². The maximum absolute atomic E-state index is 10.4. The number of ether oxygens (including phenoxy) is 2. The summed E-state index contributed by atoms with van der Waals surface area (Å²) in [6.45, 7) is 1.64. The average molecular weight is 144 g/mol. The zero-order chi connectivity index (χ0) is 7.98. The lowest BCUT2D eigenvalue weighted by Gasteiger charge is -1.94. The van der Waals surface area contributed by atoms with Gasteiger partial charge in [-0.1, -0.05) is 6.08 Å². The fourth-order valence-electron chi connectivity index (χ4n) is 0.294. The summed E-state index contributed by atoms with van der Waals surface area (Å²) in [5.74, 6) is -0.727. The largest absolute Gasteiger partial charge is 0.516 e. The number of hydrogen-bond acceptors (Lipinski definition) is 4. The predicted molar refractivity (Wildman–Crippen MR) is 33.3 cm³/mol. The van der Waals surface area contributed by atoms with Gasteiger partial charge in [0.2, 0.25) is 0 Å². The van der Waals surface area contributed by atoms with Crippen molar-refractivity contribution in [3.8, 4) is 0 Å². The van der Waals surface area contributed by atoms with Gasteiger partial charge in [-0.25, -0.2) is 9.59 Å². The van der Waals surface area contributed by atoms with E-state index in [9.17, 15) is 9.59 Å². The maximum Gasteiger partial charge on any atom is 0.516 e. The molecule has 0 N–H and O–H groups in total. The van der Waals surface area contributed by atoms with Crippen LogP contribution >= 0.6 is 0 Å². The maximum atomic E-state index is 10.4. The van der Waals surface area contributed by atoms with Gasteiger partial charge < -0.3 is 9.47 Å². The molecule has 0 unspecified atom stereocenters. The van der Waals surface area contributed by atoms with Crippen molar-refractivity contribution in [2.24, 2.45) is 0 Å². The molecular weight excluding hydrogens is 136 g/mol. The van der Waals surface area contributed by atoms with Crippen LogP contribution in [0.15, 0.2) is 12.2 Å². The minimum Gasteiger partial charge on any atom is -0.437 e. The molecule has 0 rings (SSSR count). The summed E-state index contributed by atoms with van der Waals surface area (Å²) in [7, 11) is 1.13. The molecule has 0 saturated heterocycles. The van der Waals surface area contributed by atoms with E-state index in [-0.39, 0.29) is 0 Å². The van der Waals surface area contributed by atoms with E-state index in [0.717, 1.165) is 13.2 Å². The first-order chi connectivity index (χ1) is 4.70. The highest BCUT2D eigenvalue weighted by Crippen LogP contribution is 1.85. The molecule has 0 aliphatic carbocycles. The number of allylic oxidation sites excluding steroid dienone is 1. The van der Waals surface area contributed by atoms with Gasteiger partial charge in [0.1, 0.15) is 0 Å². The van der Waals surface area contributed by atoms with Gasteiger partial charge in [0, 0.05) is 6.08 Å². The van der Waals surface area contributed by atoms with Crippen LogP contribution in [-0.2, 0) is 14.3 Å². The Hall–Kier alpha value is -1.32. The molecule has 0 aliphatic heterocycles. The van der Waals surface area contributed by atoms with Crippen molar-refractivity contribution in [2.45, 2.75) is 6.92 Å². The highest BCUT2D eigenvalue weighted by atomic mass is 16.7. The lowest BCUT2D eigenvalue weighted by molar-refractivity contribution is -0.133. The Morgan fingerprint density at radius 1 is 1.40 bits per heavy atom. The fraction of sp³-hybridized carbons (Fsp3) is 0.333. The van der Waals surface area contributed by atoms with Crippen LogP contribution in [0.4, 0.5) is 4.79 Å². The molecule has 56 valence electrons. The molecule has 10 heavy (non-hydrogen) atoms. The van der Waals surface area contributed by atoms with Crippen LogP contribution in [0.5, 0.6) is 0 Å². The third-order valence-electron chi connectivity index (χ3n) is 0.653. The smallest absolute Gasteiger partial charge is 0.437 e. The Bertz CT molecular complexity index is 159. The highest BCUT2D eigenvalue weighted by Gasteiger charge is 2.04. The van der Waals surface area contributed by atoms with Gasteiger partial charge in [0.05, 0.1) is 7.11 Å². The standard InChI is InChI=1S/C6H8O4/c1-3-4-5(7)10-6(8)9-2/h3-4H,1-2H3/b4-3+. The first-order valence-electron chi connectivity index (χ1n) is 2.63. The minimum absolute atomic E-state index is 0.727. The van der Waals surface area contributed by atoms with Crippen LogP contribution in [0.3, 0.4) is 0 Å². The SMILES string of the molecule is C/C=C/C(=O)OC(=O)OC. The van der Waals surface area contributed by atoms with Crippen LogP contribution in [0, 0.1) is 0 Å². The summed E-state index contributed by atoms with van der Waals surface area (Å²) in [5.41, 5.74) is 0. The normalized spacial score (nSPS) is 9.40. The number of esters is 1. The zero-order valence-electron chi connectivity index (χ0n) is 5.79. The molecule has 0 spiro atoms. The molecule has 0 aliphatic rings. The summed E-state index contributed by atoms with van der Waals surface area (Å²) in [4.78, 5) is 20.6. The third-order valence-corrected chi connectivity index (χ3v) is 0.653. The second-order valence-corrected chi connectivity index (χ2v) is 1.38. The van der Waals surface area contributed by atoms with E-state index in [0.29, 0.717) is 0 Å². The van der Waals surface area contributed by atoms with Crippen LogP contribution in [0.2, 0.25) is 0 Å². The molecule has 0 fully saturated rings. The van der Waals surface area contributed by atoms with Gasteiger partial charge >= 0.3 is 12.1 Å². The van der Waals surface area contributed by atoms with Crippen molar-refractivity contribution >= 4 is 12.1 Å². The molecular formula is C6H8O4. The van der Waals surface area contributed by atoms with Crippen LogP contribution in [0.1, 0.15) is 6.92 Å². The van der Waals surface area contributed by atoms with Gasteiger partial charge in [0.25, 0.3) is 0 Å². The lowest BCUT2D eigenvalue weighted by atomic mass is 10.5. The number of hydrogen-bond donors (Lipinski definition) is 0. The predicted octanol–water partition coefficient (Wildman–Crippen LogP) is 0.872. The summed E-state index contributed by atoms with van der Waals surface area (Å²) in [6.07, 6.45) is 1.59. The summed E-state index contributed by atoms with van der Waals surface area (Å²) in [6, 6.07) is 0. The van der Waals surface area contributed by atoms with E-state index in [2.05, 4.69) is 9.47 Å². The molecule has 0 aromatic rings. The van der Waals surface area contributed by atoms with Gasteiger partial charge in [-0.3, -0.25) is 0 Å². The van der Waals surface area contributed by atoms with Crippen molar-refractivity contribution in [1.29, 1.82) is 0 Å². The first-order valence-corrected chi connectivity index (χ1v) is 2.63. The fourth-order valence-corrected chi connectivity index (χ4v) is 0.294. The van der Waals surface area contributed by atoms with Gasteiger partial charge in [-0.05, 0) is 6.92 Å². The molecule has 0 bridgehead atoms. The Kier molecular flexibility index (Phi) is 3.95. The quantitative estimate of drug-likeness (QED) is 0.311. The molecule has 4 nitrogen and oxygen atoms in total. The van der Waals surface area contributed by atoms with Gasteiger partial charge in [-0.15, -0.1) is 0 Å². The van der Waals surface area contributed by atoms with E-state index >= 15 is 0 Å². The van der Waals surface area contributed by atoms with Gasteiger partial charge in [0.15, 0.2) is 0 Å². The topological polar surface area (TPSA) is 52.6 Å².